The number of carbonyl (C=O) groups is 3. The molecule has 1 spiro atoms. The molecule has 4 fully saturated rings. The summed E-state index contributed by atoms with van der Waals surface area (Å²) in [6.45, 7) is 8.21. The van der Waals surface area contributed by atoms with Gasteiger partial charge in [0.1, 0.15) is 6.04 Å². The van der Waals surface area contributed by atoms with Crippen LogP contribution in [0.15, 0.2) is 55.6 Å². The molecule has 216 valence electrons. The van der Waals surface area contributed by atoms with E-state index in [1.807, 2.05) is 35.2 Å². The highest BCUT2D eigenvalue weighted by atomic mass is 79.9. The molecule has 1 aliphatic carbocycles. The number of likely N-dealkylation sites (N-methyl/N-ethyl adjacent to an activating group) is 1. The van der Waals surface area contributed by atoms with Crippen LogP contribution >= 0.6 is 27.7 Å². The fraction of sp³-hybridized carbons (Fsp3) is 0.581. The van der Waals surface area contributed by atoms with Gasteiger partial charge in [-0.3, -0.25) is 14.4 Å². The molecule has 5 rings (SSSR count). The molecule has 3 unspecified atom stereocenters. The van der Waals surface area contributed by atoms with Crippen molar-refractivity contribution in [1.82, 2.24) is 14.7 Å². The molecule has 7 nitrogen and oxygen atoms in total. The number of nitrogens with zero attached hydrogens (tertiary/aromatic N) is 3. The van der Waals surface area contributed by atoms with Crippen LogP contribution in [0, 0.1) is 11.8 Å². The van der Waals surface area contributed by atoms with Crippen LogP contribution in [-0.2, 0) is 14.4 Å². The molecule has 1 saturated carbocycles. The second kappa shape index (κ2) is 12.0. The zero-order chi connectivity index (χ0) is 28.6. The van der Waals surface area contributed by atoms with Gasteiger partial charge in [-0.25, -0.2) is 0 Å². The number of halogens is 1. The Morgan fingerprint density at radius 1 is 1.15 bits per heavy atom. The van der Waals surface area contributed by atoms with E-state index in [9.17, 15) is 19.5 Å². The molecular formula is C31H40BrN3O4S. The molecule has 7 atom stereocenters. The molecule has 40 heavy (non-hydrogen) atoms. The molecule has 4 aliphatic rings. The Labute approximate surface area is 250 Å². The lowest BCUT2D eigenvalue weighted by atomic mass is 9.70. The number of amides is 3. The SMILES string of the molecule is C=CCN(C)C(=O)[C@H]1[C@@H]2SC3(CC2Br)C(C(=O)N(CC=C)C2CCCCC2)N([C@H](CO)c2ccccc2)C(=O)[C@H]13. The lowest BCUT2D eigenvalue weighted by Gasteiger charge is -2.42. The van der Waals surface area contributed by atoms with E-state index in [0.717, 1.165) is 37.7 Å². The second-order valence-corrected chi connectivity index (χ2v) is 14.3. The molecule has 2 bridgehead atoms. The lowest BCUT2D eigenvalue weighted by molar-refractivity contribution is -0.148. The molecule has 3 aliphatic heterocycles. The van der Waals surface area contributed by atoms with Crippen LogP contribution in [0.5, 0.6) is 0 Å². The van der Waals surface area contributed by atoms with Gasteiger partial charge in [-0.1, -0.05) is 77.7 Å². The number of likely N-dealkylation sites (tertiary alicyclic amines) is 1. The Hall–Kier alpha value is -2.10. The van der Waals surface area contributed by atoms with Gasteiger partial charge in [0, 0.05) is 36.3 Å². The topological polar surface area (TPSA) is 81.2 Å². The smallest absolute Gasteiger partial charge is 0.247 e. The number of fused-ring (bicyclic) bond motifs is 1. The van der Waals surface area contributed by atoms with Gasteiger partial charge in [0.2, 0.25) is 17.7 Å². The minimum Gasteiger partial charge on any atom is -0.394 e. The molecule has 1 aromatic carbocycles. The van der Waals surface area contributed by atoms with Crippen molar-refractivity contribution in [2.75, 3.05) is 26.7 Å². The normalized spacial score (nSPS) is 32.0. The number of aliphatic hydroxyl groups excluding tert-OH is 1. The summed E-state index contributed by atoms with van der Waals surface area (Å²) in [5, 5.41) is 10.6. The maximum absolute atomic E-state index is 14.9. The van der Waals surface area contributed by atoms with Gasteiger partial charge in [0.25, 0.3) is 0 Å². The number of hydrogen-bond donors (Lipinski definition) is 1. The maximum Gasteiger partial charge on any atom is 0.247 e. The highest BCUT2D eigenvalue weighted by Gasteiger charge is 2.76. The Morgan fingerprint density at radius 3 is 2.45 bits per heavy atom. The average molecular weight is 631 g/mol. The van der Waals surface area contributed by atoms with Crippen LogP contribution in [0.3, 0.4) is 0 Å². The first-order chi connectivity index (χ1) is 19.3. The zero-order valence-electron chi connectivity index (χ0n) is 23.2. The average Bonchev–Trinajstić information content (AvgIpc) is 3.56. The van der Waals surface area contributed by atoms with Gasteiger partial charge in [-0.15, -0.1) is 24.9 Å². The van der Waals surface area contributed by atoms with Gasteiger partial charge in [0.05, 0.1) is 29.2 Å². The first kappa shape index (κ1) is 29.4. The van der Waals surface area contributed by atoms with Gasteiger partial charge < -0.3 is 19.8 Å². The first-order valence-corrected chi connectivity index (χ1v) is 16.2. The molecule has 3 heterocycles. The van der Waals surface area contributed by atoms with Crippen LogP contribution in [-0.4, -0.2) is 91.2 Å². The fourth-order valence-electron chi connectivity index (χ4n) is 7.64. The van der Waals surface area contributed by atoms with Crippen LogP contribution in [0.1, 0.15) is 50.1 Å². The summed E-state index contributed by atoms with van der Waals surface area (Å²) in [5.41, 5.74) is 0.780. The third-order valence-corrected chi connectivity index (χ3v) is 12.6. The molecule has 1 aromatic rings. The lowest BCUT2D eigenvalue weighted by Crippen LogP contribution is -2.58. The van der Waals surface area contributed by atoms with Crippen molar-refractivity contribution in [3.8, 4) is 0 Å². The number of carbonyl (C=O) groups excluding carboxylic acids is 3. The summed E-state index contributed by atoms with van der Waals surface area (Å²) >= 11 is 5.49. The second-order valence-electron chi connectivity index (χ2n) is 11.6. The van der Waals surface area contributed by atoms with Crippen molar-refractivity contribution in [1.29, 1.82) is 0 Å². The molecular weight excluding hydrogens is 590 g/mol. The van der Waals surface area contributed by atoms with E-state index >= 15 is 0 Å². The number of thioether (sulfide) groups is 1. The van der Waals surface area contributed by atoms with Gasteiger partial charge in [-0.05, 0) is 24.8 Å². The van der Waals surface area contributed by atoms with Crippen LogP contribution in [0.25, 0.3) is 0 Å². The Balaban J connectivity index is 1.63. The van der Waals surface area contributed by atoms with E-state index in [4.69, 9.17) is 0 Å². The van der Waals surface area contributed by atoms with E-state index in [2.05, 4.69) is 29.1 Å². The van der Waals surface area contributed by atoms with Crippen LogP contribution < -0.4 is 0 Å². The zero-order valence-corrected chi connectivity index (χ0v) is 25.6. The highest BCUT2D eigenvalue weighted by molar-refractivity contribution is 9.09. The summed E-state index contributed by atoms with van der Waals surface area (Å²) in [6, 6.07) is 8.06. The van der Waals surface area contributed by atoms with Crippen molar-refractivity contribution >= 4 is 45.4 Å². The predicted octanol–water partition coefficient (Wildman–Crippen LogP) is 4.18. The van der Waals surface area contributed by atoms with E-state index in [1.54, 1.807) is 40.8 Å². The van der Waals surface area contributed by atoms with E-state index in [0.29, 0.717) is 19.5 Å². The third kappa shape index (κ3) is 4.75. The minimum atomic E-state index is -0.790. The fourth-order valence-corrected chi connectivity index (χ4v) is 11.2. The molecule has 0 aromatic heterocycles. The largest absolute Gasteiger partial charge is 0.394 e. The van der Waals surface area contributed by atoms with E-state index in [-0.39, 0.29) is 40.4 Å². The highest BCUT2D eigenvalue weighted by Crippen LogP contribution is 2.68. The first-order valence-electron chi connectivity index (χ1n) is 14.4. The predicted molar refractivity (Wildman–Crippen MR) is 162 cm³/mol. The number of benzene rings is 1. The molecule has 3 saturated heterocycles. The van der Waals surface area contributed by atoms with Crippen molar-refractivity contribution in [2.24, 2.45) is 11.8 Å². The monoisotopic (exact) mass is 629 g/mol. The summed E-state index contributed by atoms with van der Waals surface area (Å²) in [4.78, 5) is 48.5. The minimum absolute atomic E-state index is 0.00489. The molecule has 9 heteroatoms. The molecule has 1 N–H and O–H groups in total. The summed E-state index contributed by atoms with van der Waals surface area (Å²) in [7, 11) is 1.74. The molecule has 3 amide bonds. The Morgan fingerprint density at radius 2 is 1.82 bits per heavy atom. The quantitative estimate of drug-likeness (QED) is 0.310. The van der Waals surface area contributed by atoms with Gasteiger partial charge in [0.15, 0.2) is 0 Å². The third-order valence-electron chi connectivity index (χ3n) is 9.34. The Bertz CT molecular complexity index is 1140. The summed E-state index contributed by atoms with van der Waals surface area (Å²) in [5.74, 6) is -1.58. The number of rotatable bonds is 10. The van der Waals surface area contributed by atoms with Crippen LogP contribution in [0.2, 0.25) is 0 Å². The van der Waals surface area contributed by atoms with Crippen LogP contribution in [0.4, 0.5) is 0 Å². The summed E-state index contributed by atoms with van der Waals surface area (Å²) < 4.78 is -0.765. The summed E-state index contributed by atoms with van der Waals surface area (Å²) in [6.07, 6.45) is 9.24. The number of aliphatic hydroxyl groups is 1. The number of hydrogen-bond acceptors (Lipinski definition) is 5. The van der Waals surface area contributed by atoms with Gasteiger partial charge >= 0.3 is 0 Å². The van der Waals surface area contributed by atoms with Crippen molar-refractivity contribution in [2.45, 2.75) is 71.5 Å². The Kier molecular flexibility index (Phi) is 8.83. The van der Waals surface area contributed by atoms with E-state index in [1.165, 1.54) is 0 Å². The maximum atomic E-state index is 14.9. The standard InChI is InChI=1S/C31H40BrN3O4S/c1-4-16-33(3)28(37)24-25-29(38)35(23(19-36)20-12-8-6-9-13-20)27(31(25)18-22(32)26(24)40-31)30(39)34(17-5-2)21-14-10-7-11-15-21/h4-6,8-9,12-13,21-27,36H,1-2,7,10-11,14-19H2,3H3/t22?,23-,24-,25+,26-,27?,31?/m1/s1. The molecule has 0 radical (unpaired) electrons. The van der Waals surface area contributed by atoms with Crippen molar-refractivity contribution < 1.29 is 19.5 Å². The van der Waals surface area contributed by atoms with Gasteiger partial charge in [-0.2, -0.15) is 0 Å². The van der Waals surface area contributed by atoms with Crippen molar-refractivity contribution in [3.05, 3.63) is 61.2 Å². The number of alkyl halides is 1. The van der Waals surface area contributed by atoms with E-state index < -0.39 is 28.7 Å². The van der Waals surface area contributed by atoms with Crippen molar-refractivity contribution in [3.63, 3.8) is 0 Å².